The van der Waals surface area contributed by atoms with E-state index in [4.69, 9.17) is 4.18 Å². The summed E-state index contributed by atoms with van der Waals surface area (Å²) in [4.78, 5) is 12.4. The van der Waals surface area contributed by atoms with Crippen molar-refractivity contribution in [1.29, 1.82) is 0 Å². The van der Waals surface area contributed by atoms with Crippen LogP contribution in [0.4, 0.5) is 0 Å². The molecule has 0 saturated heterocycles. The molecule has 0 unspecified atom stereocenters. The van der Waals surface area contributed by atoms with Crippen molar-refractivity contribution in [2.45, 2.75) is 24.3 Å². The first-order valence-corrected chi connectivity index (χ1v) is 7.84. The summed E-state index contributed by atoms with van der Waals surface area (Å²) in [7, 11) is -3.99. The molecule has 5 heteroatoms. The molecule has 4 nitrogen and oxygen atoms in total. The van der Waals surface area contributed by atoms with Crippen LogP contribution in [0.5, 0.6) is 0 Å². The third kappa shape index (κ3) is 3.56. The van der Waals surface area contributed by atoms with Crippen molar-refractivity contribution in [3.63, 3.8) is 0 Å². The Bertz CT molecular complexity index is 719. The first-order chi connectivity index (χ1) is 9.83. The van der Waals surface area contributed by atoms with Gasteiger partial charge in [0, 0.05) is 5.56 Å². The molecular formula is C16H16O4S. The van der Waals surface area contributed by atoms with Crippen LogP contribution >= 0.6 is 0 Å². The van der Waals surface area contributed by atoms with Crippen molar-refractivity contribution in [1.82, 2.24) is 0 Å². The van der Waals surface area contributed by atoms with Gasteiger partial charge in [-0.1, -0.05) is 48.5 Å². The lowest BCUT2D eigenvalue weighted by molar-refractivity contribution is 0.0605. The van der Waals surface area contributed by atoms with E-state index >= 15 is 0 Å². The SMILES string of the molecule is CC(C)(OS(=O)(=O)c1ccccc1)C(=O)c1ccccc1. The third-order valence-corrected chi connectivity index (χ3v) is 4.42. The second kappa shape index (κ2) is 5.79. The van der Waals surface area contributed by atoms with Gasteiger partial charge in [-0.2, -0.15) is 8.42 Å². The number of Topliss-reactive ketones (excluding diaryl/α,β-unsaturated/α-hetero) is 1. The fourth-order valence-corrected chi connectivity index (χ4v) is 3.10. The molecule has 110 valence electrons. The van der Waals surface area contributed by atoms with E-state index in [1.165, 1.54) is 26.0 Å². The van der Waals surface area contributed by atoms with Gasteiger partial charge in [0.25, 0.3) is 10.1 Å². The fourth-order valence-electron chi connectivity index (χ4n) is 1.88. The predicted octanol–water partition coefficient (Wildman–Crippen LogP) is 3.05. The Morgan fingerprint density at radius 2 is 1.38 bits per heavy atom. The van der Waals surface area contributed by atoms with Crippen molar-refractivity contribution in [2.24, 2.45) is 0 Å². The van der Waals surface area contributed by atoms with Gasteiger partial charge >= 0.3 is 0 Å². The van der Waals surface area contributed by atoms with Crippen LogP contribution in [0.2, 0.25) is 0 Å². The quantitative estimate of drug-likeness (QED) is 0.629. The van der Waals surface area contributed by atoms with E-state index in [-0.39, 0.29) is 10.7 Å². The summed E-state index contributed by atoms with van der Waals surface area (Å²) >= 11 is 0. The molecule has 0 atom stereocenters. The topological polar surface area (TPSA) is 60.4 Å². The number of carbonyl (C=O) groups excluding carboxylic acids is 1. The lowest BCUT2D eigenvalue weighted by Gasteiger charge is -2.23. The second-order valence-corrected chi connectivity index (χ2v) is 6.60. The summed E-state index contributed by atoms with van der Waals surface area (Å²) in [5.41, 5.74) is -1.07. The van der Waals surface area contributed by atoms with Crippen LogP contribution < -0.4 is 0 Å². The van der Waals surface area contributed by atoms with Crippen molar-refractivity contribution >= 4 is 15.9 Å². The molecule has 0 radical (unpaired) electrons. The molecule has 2 aromatic rings. The number of ketones is 1. The monoisotopic (exact) mass is 304 g/mol. The van der Waals surface area contributed by atoms with Gasteiger partial charge in [0.05, 0.1) is 4.90 Å². The highest BCUT2D eigenvalue weighted by atomic mass is 32.2. The lowest BCUT2D eigenvalue weighted by Crippen LogP contribution is -2.37. The summed E-state index contributed by atoms with van der Waals surface area (Å²) in [5.74, 6) is -0.386. The predicted molar refractivity (Wildman–Crippen MR) is 79.6 cm³/mol. The van der Waals surface area contributed by atoms with E-state index in [1.807, 2.05) is 0 Å². The molecule has 2 rings (SSSR count). The van der Waals surface area contributed by atoms with Gasteiger partial charge in [-0.05, 0) is 26.0 Å². The molecule has 0 aliphatic heterocycles. The first kappa shape index (κ1) is 15.4. The maximum atomic E-state index is 12.4. The molecule has 0 aromatic heterocycles. The van der Waals surface area contributed by atoms with E-state index in [0.29, 0.717) is 5.56 Å². The molecule has 0 N–H and O–H groups in total. The van der Waals surface area contributed by atoms with Crippen LogP contribution in [0, 0.1) is 0 Å². The minimum absolute atomic E-state index is 0.0268. The smallest absolute Gasteiger partial charge is 0.291 e. The van der Waals surface area contributed by atoms with Gasteiger partial charge < -0.3 is 0 Å². The van der Waals surface area contributed by atoms with Gasteiger partial charge in [-0.15, -0.1) is 0 Å². The van der Waals surface area contributed by atoms with E-state index in [1.54, 1.807) is 48.5 Å². The maximum Gasteiger partial charge on any atom is 0.297 e. The third-order valence-electron chi connectivity index (χ3n) is 2.93. The zero-order valence-corrected chi connectivity index (χ0v) is 12.6. The Labute approximate surface area is 124 Å². The van der Waals surface area contributed by atoms with Crippen LogP contribution in [0.25, 0.3) is 0 Å². The number of benzene rings is 2. The number of carbonyl (C=O) groups is 1. The summed E-state index contributed by atoms with van der Waals surface area (Å²) in [6, 6.07) is 16.2. The minimum Gasteiger partial charge on any atom is -0.291 e. The van der Waals surface area contributed by atoms with Crippen LogP contribution in [0.3, 0.4) is 0 Å². The van der Waals surface area contributed by atoms with Gasteiger partial charge in [-0.25, -0.2) is 0 Å². The largest absolute Gasteiger partial charge is 0.297 e. The zero-order chi connectivity index (χ0) is 15.5. The van der Waals surface area contributed by atoms with Gasteiger partial charge in [0.1, 0.15) is 5.60 Å². The lowest BCUT2D eigenvalue weighted by atomic mass is 9.97. The fraction of sp³-hybridized carbons (Fsp3) is 0.188. The number of hydrogen-bond acceptors (Lipinski definition) is 4. The molecular weight excluding hydrogens is 288 g/mol. The molecule has 0 bridgehead atoms. The Hall–Kier alpha value is -1.98. The molecule has 0 amide bonds. The highest BCUT2D eigenvalue weighted by molar-refractivity contribution is 7.86. The molecule has 0 saturated carbocycles. The van der Waals surface area contributed by atoms with E-state index < -0.39 is 15.7 Å². The maximum absolute atomic E-state index is 12.4. The van der Waals surface area contributed by atoms with Crippen LogP contribution in [0.15, 0.2) is 65.6 Å². The summed E-state index contributed by atoms with van der Waals surface area (Å²) in [5, 5.41) is 0. The van der Waals surface area contributed by atoms with Crippen molar-refractivity contribution < 1.29 is 17.4 Å². The van der Waals surface area contributed by atoms with Crippen LogP contribution in [0.1, 0.15) is 24.2 Å². The van der Waals surface area contributed by atoms with Crippen LogP contribution in [-0.4, -0.2) is 19.8 Å². The Morgan fingerprint density at radius 3 is 1.90 bits per heavy atom. The molecule has 21 heavy (non-hydrogen) atoms. The molecule has 0 aliphatic rings. The second-order valence-electron chi connectivity index (χ2n) is 5.06. The highest BCUT2D eigenvalue weighted by Crippen LogP contribution is 2.23. The average molecular weight is 304 g/mol. The first-order valence-electron chi connectivity index (χ1n) is 6.43. The van der Waals surface area contributed by atoms with Gasteiger partial charge in [-0.3, -0.25) is 8.98 Å². The van der Waals surface area contributed by atoms with Crippen molar-refractivity contribution in [3.8, 4) is 0 Å². The Balaban J connectivity index is 2.27. The average Bonchev–Trinajstić information content (AvgIpc) is 2.47. The van der Waals surface area contributed by atoms with Gasteiger partial charge in [0.15, 0.2) is 5.78 Å². The number of rotatable bonds is 5. The molecule has 0 spiro atoms. The molecule has 0 heterocycles. The molecule has 2 aromatic carbocycles. The van der Waals surface area contributed by atoms with Crippen molar-refractivity contribution in [2.75, 3.05) is 0 Å². The normalized spacial score (nSPS) is 12.1. The summed E-state index contributed by atoms with van der Waals surface area (Å²) in [6.07, 6.45) is 0. The van der Waals surface area contributed by atoms with Crippen molar-refractivity contribution in [3.05, 3.63) is 66.2 Å². The Morgan fingerprint density at radius 1 is 0.905 bits per heavy atom. The molecule has 0 fully saturated rings. The van der Waals surface area contributed by atoms with Crippen LogP contribution in [-0.2, 0) is 14.3 Å². The zero-order valence-electron chi connectivity index (χ0n) is 11.8. The minimum atomic E-state index is -3.99. The summed E-state index contributed by atoms with van der Waals surface area (Å²) in [6.45, 7) is 2.89. The molecule has 0 aliphatic carbocycles. The standard InChI is InChI=1S/C16H16O4S/c1-16(2,15(17)13-9-5-3-6-10-13)20-21(18,19)14-11-7-4-8-12-14/h3-12H,1-2H3. The number of hydrogen-bond donors (Lipinski definition) is 0. The Kier molecular flexibility index (Phi) is 4.25. The highest BCUT2D eigenvalue weighted by Gasteiger charge is 2.35. The summed E-state index contributed by atoms with van der Waals surface area (Å²) < 4.78 is 29.6. The van der Waals surface area contributed by atoms with E-state index in [9.17, 15) is 13.2 Å². The van der Waals surface area contributed by atoms with E-state index in [2.05, 4.69) is 0 Å². The van der Waals surface area contributed by atoms with E-state index in [0.717, 1.165) is 0 Å². The van der Waals surface area contributed by atoms with Gasteiger partial charge in [0.2, 0.25) is 0 Å².